The van der Waals surface area contributed by atoms with Gasteiger partial charge in [-0.05, 0) is 44.4 Å². The molecule has 0 aromatic heterocycles. The van der Waals surface area contributed by atoms with E-state index in [9.17, 15) is 27.9 Å². The lowest BCUT2D eigenvalue weighted by Crippen LogP contribution is -2.47. The minimum atomic E-state index is -4.39. The number of likely N-dealkylation sites (tertiary alicyclic amines) is 1. The van der Waals surface area contributed by atoms with E-state index in [1.807, 2.05) is 4.90 Å². The highest BCUT2D eigenvalue weighted by atomic mass is 19.4. The molecule has 1 aromatic rings. The molecule has 1 aromatic carbocycles. The molecule has 182 valence electrons. The standard InChI is InChI=1S/C23H30F3N3O4/c24-23(25,26)15-33-20-5-2-1-4-19(20)28-12-10-27(11-13-28)8-3-9-29-21(31)17-7-6-16(30)14-18(17)22(29)32/h1-2,4-5,16-18,30H,3,6-15H2. The Labute approximate surface area is 191 Å². The normalized spacial score (nSPS) is 26.6. The summed E-state index contributed by atoms with van der Waals surface area (Å²) in [4.78, 5) is 30.8. The fraction of sp³-hybridized carbons (Fsp3) is 0.652. The average molecular weight is 470 g/mol. The summed E-state index contributed by atoms with van der Waals surface area (Å²) in [6, 6.07) is 6.75. The van der Waals surface area contributed by atoms with Crippen LogP contribution in [0.15, 0.2) is 24.3 Å². The molecular weight excluding hydrogens is 439 g/mol. The van der Waals surface area contributed by atoms with Crippen LogP contribution in [0.4, 0.5) is 18.9 Å². The number of ether oxygens (including phenoxy) is 1. The van der Waals surface area contributed by atoms with E-state index >= 15 is 0 Å². The number of nitrogens with zero attached hydrogens (tertiary/aromatic N) is 3. The molecule has 1 N–H and O–H groups in total. The van der Waals surface area contributed by atoms with Crippen molar-refractivity contribution in [3.8, 4) is 5.75 Å². The number of carbonyl (C=O) groups is 2. The predicted molar refractivity (Wildman–Crippen MR) is 115 cm³/mol. The molecule has 2 aliphatic heterocycles. The van der Waals surface area contributed by atoms with E-state index in [0.29, 0.717) is 51.0 Å². The van der Waals surface area contributed by atoms with E-state index in [1.54, 1.807) is 24.3 Å². The number of carbonyl (C=O) groups excluding carboxylic acids is 2. The maximum atomic E-state index is 12.6. The summed E-state index contributed by atoms with van der Waals surface area (Å²) in [6.07, 6.45) is -2.69. The zero-order valence-corrected chi connectivity index (χ0v) is 18.5. The molecule has 4 rings (SSSR count). The summed E-state index contributed by atoms with van der Waals surface area (Å²) in [5.41, 5.74) is 0.652. The van der Waals surface area contributed by atoms with Gasteiger partial charge in [-0.15, -0.1) is 0 Å². The Kier molecular flexibility index (Phi) is 7.13. The molecule has 0 spiro atoms. The molecule has 3 unspecified atom stereocenters. The number of hydrogen-bond acceptors (Lipinski definition) is 6. The van der Waals surface area contributed by atoms with Crippen molar-refractivity contribution < 1.29 is 32.6 Å². The van der Waals surface area contributed by atoms with Crippen LogP contribution in [0.5, 0.6) is 5.75 Å². The Balaban J connectivity index is 1.24. The molecule has 33 heavy (non-hydrogen) atoms. The van der Waals surface area contributed by atoms with E-state index in [0.717, 1.165) is 19.6 Å². The fourth-order valence-electron chi connectivity index (χ4n) is 5.11. The van der Waals surface area contributed by atoms with Gasteiger partial charge in [-0.3, -0.25) is 19.4 Å². The molecule has 2 heterocycles. The average Bonchev–Trinajstić information content (AvgIpc) is 3.02. The second-order valence-corrected chi connectivity index (χ2v) is 9.06. The molecular formula is C23H30F3N3O4. The van der Waals surface area contributed by atoms with Gasteiger partial charge in [0.25, 0.3) is 0 Å². The van der Waals surface area contributed by atoms with Crippen LogP contribution in [0.3, 0.4) is 0 Å². The minimum absolute atomic E-state index is 0.0998. The van der Waals surface area contributed by atoms with Crippen molar-refractivity contribution in [1.29, 1.82) is 0 Å². The highest BCUT2D eigenvalue weighted by Gasteiger charge is 2.49. The molecule has 0 bridgehead atoms. The lowest BCUT2D eigenvalue weighted by Gasteiger charge is -2.37. The number of halogens is 3. The van der Waals surface area contributed by atoms with Gasteiger partial charge in [0.05, 0.1) is 23.6 Å². The number of amides is 2. The van der Waals surface area contributed by atoms with Crippen LogP contribution in [0.2, 0.25) is 0 Å². The fourth-order valence-corrected chi connectivity index (χ4v) is 5.11. The summed E-state index contributed by atoms with van der Waals surface area (Å²) in [5, 5.41) is 9.83. The van der Waals surface area contributed by atoms with E-state index in [2.05, 4.69) is 4.90 Å². The smallest absolute Gasteiger partial charge is 0.422 e. The highest BCUT2D eigenvalue weighted by molar-refractivity contribution is 6.05. The first-order valence-corrected chi connectivity index (χ1v) is 11.5. The van der Waals surface area contributed by atoms with Gasteiger partial charge in [0, 0.05) is 32.7 Å². The van der Waals surface area contributed by atoms with Crippen molar-refractivity contribution in [3.05, 3.63) is 24.3 Å². The van der Waals surface area contributed by atoms with E-state index in [-0.39, 0.29) is 29.4 Å². The predicted octanol–water partition coefficient (Wildman–Crippen LogP) is 2.29. The van der Waals surface area contributed by atoms with Crippen LogP contribution < -0.4 is 9.64 Å². The molecule has 1 aliphatic carbocycles. The van der Waals surface area contributed by atoms with Crippen molar-refractivity contribution >= 4 is 17.5 Å². The number of imide groups is 1. The van der Waals surface area contributed by atoms with Crippen molar-refractivity contribution in [2.75, 3.05) is 50.8 Å². The SMILES string of the molecule is O=C1C2CCC(O)CC2C(=O)N1CCCN1CCN(c2ccccc2OCC(F)(F)F)CC1. The number of benzene rings is 1. The number of anilines is 1. The first-order chi connectivity index (χ1) is 15.7. The molecule has 3 fully saturated rings. The number of piperazine rings is 1. The van der Waals surface area contributed by atoms with Gasteiger partial charge in [0.1, 0.15) is 5.75 Å². The molecule has 0 radical (unpaired) electrons. The largest absolute Gasteiger partial charge is 0.482 e. The minimum Gasteiger partial charge on any atom is -0.482 e. The third-order valence-corrected chi connectivity index (χ3v) is 6.81. The van der Waals surface area contributed by atoms with Gasteiger partial charge in [-0.25, -0.2) is 0 Å². The third kappa shape index (κ3) is 5.60. The number of hydrogen-bond donors (Lipinski definition) is 1. The number of fused-ring (bicyclic) bond motifs is 1. The number of aliphatic hydroxyl groups excluding tert-OH is 1. The van der Waals surface area contributed by atoms with Crippen molar-refractivity contribution in [2.45, 2.75) is 38.0 Å². The molecule has 3 atom stereocenters. The van der Waals surface area contributed by atoms with E-state index in [4.69, 9.17) is 4.74 Å². The van der Waals surface area contributed by atoms with Gasteiger partial charge in [0.15, 0.2) is 6.61 Å². The van der Waals surface area contributed by atoms with Crippen molar-refractivity contribution in [1.82, 2.24) is 9.80 Å². The van der Waals surface area contributed by atoms with Gasteiger partial charge in [-0.1, -0.05) is 12.1 Å². The molecule has 1 saturated carbocycles. The Hall–Kier alpha value is -2.33. The van der Waals surface area contributed by atoms with Crippen molar-refractivity contribution in [2.24, 2.45) is 11.8 Å². The van der Waals surface area contributed by atoms with Crippen LogP contribution in [-0.4, -0.2) is 84.9 Å². The zero-order chi connectivity index (χ0) is 23.6. The van der Waals surface area contributed by atoms with Gasteiger partial charge in [0.2, 0.25) is 11.8 Å². The molecule has 2 saturated heterocycles. The van der Waals surface area contributed by atoms with Crippen molar-refractivity contribution in [3.63, 3.8) is 0 Å². The first-order valence-electron chi connectivity index (χ1n) is 11.5. The van der Waals surface area contributed by atoms with Gasteiger partial charge < -0.3 is 14.7 Å². The summed E-state index contributed by atoms with van der Waals surface area (Å²) in [7, 11) is 0. The first kappa shape index (κ1) is 23.8. The third-order valence-electron chi connectivity index (χ3n) is 6.81. The number of alkyl halides is 3. The molecule has 7 nitrogen and oxygen atoms in total. The summed E-state index contributed by atoms with van der Waals surface area (Å²) in [6.45, 7) is 2.55. The summed E-state index contributed by atoms with van der Waals surface area (Å²) in [5.74, 6) is -0.671. The number of para-hydroxylation sites is 2. The van der Waals surface area contributed by atoms with Crippen LogP contribution in [0.1, 0.15) is 25.7 Å². The quantitative estimate of drug-likeness (QED) is 0.618. The topological polar surface area (TPSA) is 73.3 Å². The monoisotopic (exact) mass is 469 g/mol. The second-order valence-electron chi connectivity index (χ2n) is 9.06. The van der Waals surface area contributed by atoms with Crippen LogP contribution in [-0.2, 0) is 9.59 Å². The molecule has 3 aliphatic rings. The van der Waals surface area contributed by atoms with E-state index < -0.39 is 18.9 Å². The highest BCUT2D eigenvalue weighted by Crippen LogP contribution is 2.38. The maximum Gasteiger partial charge on any atom is 0.422 e. The Bertz CT molecular complexity index is 858. The van der Waals surface area contributed by atoms with E-state index in [1.165, 1.54) is 4.90 Å². The maximum absolute atomic E-state index is 12.6. The van der Waals surface area contributed by atoms with Gasteiger partial charge >= 0.3 is 6.18 Å². The zero-order valence-electron chi connectivity index (χ0n) is 18.5. The summed E-state index contributed by atoms with van der Waals surface area (Å²) >= 11 is 0. The molecule has 10 heteroatoms. The number of aliphatic hydroxyl groups is 1. The van der Waals surface area contributed by atoms with Crippen LogP contribution in [0.25, 0.3) is 0 Å². The lowest BCUT2D eigenvalue weighted by molar-refractivity contribution is -0.153. The Morgan fingerprint density at radius 1 is 0.970 bits per heavy atom. The Morgan fingerprint density at radius 3 is 2.39 bits per heavy atom. The lowest BCUT2D eigenvalue weighted by atomic mass is 9.80. The van der Waals surface area contributed by atoms with Gasteiger partial charge in [-0.2, -0.15) is 13.2 Å². The summed E-state index contributed by atoms with van der Waals surface area (Å²) < 4.78 is 42.6. The second kappa shape index (κ2) is 9.89. The van der Waals surface area contributed by atoms with Crippen LogP contribution >= 0.6 is 0 Å². The Morgan fingerprint density at radius 2 is 1.67 bits per heavy atom. The van der Waals surface area contributed by atoms with Crippen LogP contribution in [0, 0.1) is 11.8 Å². The number of rotatable bonds is 7. The molecule has 2 amide bonds.